The molecular formula is C49H42N4O. The predicted molar refractivity (Wildman–Crippen MR) is 222 cm³/mol. The molecule has 0 fully saturated rings. The first-order valence-electron chi connectivity index (χ1n) is 19.2. The highest BCUT2D eigenvalue weighted by molar-refractivity contribution is 6.02. The fourth-order valence-electron chi connectivity index (χ4n) is 9.67. The lowest BCUT2D eigenvalue weighted by atomic mass is 9.82. The summed E-state index contributed by atoms with van der Waals surface area (Å²) in [7, 11) is 0. The topological polar surface area (TPSA) is 55.5 Å². The molecule has 3 atom stereocenters. The highest BCUT2D eigenvalue weighted by atomic mass is 16.5. The van der Waals surface area contributed by atoms with Crippen LogP contribution in [0.5, 0.6) is 11.5 Å². The summed E-state index contributed by atoms with van der Waals surface area (Å²) in [5.74, 6) is 2.07. The number of aromatic nitrogens is 1. The highest BCUT2D eigenvalue weighted by Crippen LogP contribution is 2.55. The van der Waals surface area contributed by atoms with E-state index in [4.69, 9.17) is 10.5 Å². The Labute approximate surface area is 316 Å². The number of rotatable bonds is 4. The van der Waals surface area contributed by atoms with Crippen molar-refractivity contribution in [3.05, 3.63) is 174 Å². The number of benzene rings is 5. The minimum atomic E-state index is -0.644. The Balaban J connectivity index is 1.05. The normalized spacial score (nSPS) is 22.5. The van der Waals surface area contributed by atoms with E-state index in [2.05, 4.69) is 181 Å². The van der Waals surface area contributed by atoms with E-state index in [1.165, 1.54) is 55.8 Å². The molecule has 0 bridgehead atoms. The van der Waals surface area contributed by atoms with Crippen LogP contribution in [0.4, 0.5) is 5.69 Å². The van der Waals surface area contributed by atoms with Gasteiger partial charge in [0.05, 0.1) is 5.52 Å². The third-order valence-corrected chi connectivity index (χ3v) is 12.5. The number of hydrogen-bond acceptors (Lipinski definition) is 4. The number of nitrogens with two attached hydrogens (primary N) is 1. The first kappa shape index (κ1) is 31.5. The van der Waals surface area contributed by atoms with Crippen molar-refractivity contribution in [2.45, 2.75) is 49.9 Å². The van der Waals surface area contributed by atoms with Gasteiger partial charge < -0.3 is 25.3 Å². The van der Waals surface area contributed by atoms with Gasteiger partial charge >= 0.3 is 0 Å². The molecule has 0 saturated heterocycles. The van der Waals surface area contributed by atoms with Crippen LogP contribution in [0.25, 0.3) is 44.8 Å². The number of anilines is 1. The van der Waals surface area contributed by atoms with Crippen LogP contribution in [0.1, 0.15) is 54.0 Å². The second-order valence-corrected chi connectivity index (χ2v) is 16.1. The number of allylic oxidation sites excluding steroid dienone is 4. The van der Waals surface area contributed by atoms with E-state index < -0.39 is 5.66 Å². The molecule has 0 amide bonds. The monoisotopic (exact) mass is 702 g/mol. The van der Waals surface area contributed by atoms with Crippen LogP contribution < -0.4 is 20.7 Å². The van der Waals surface area contributed by atoms with Crippen LogP contribution in [-0.2, 0) is 17.5 Å². The van der Waals surface area contributed by atoms with Crippen molar-refractivity contribution < 1.29 is 4.74 Å². The Bertz CT molecular complexity index is 2640. The van der Waals surface area contributed by atoms with E-state index in [1.807, 2.05) is 0 Å². The summed E-state index contributed by atoms with van der Waals surface area (Å²) in [6, 6.07) is 37.4. The maximum atomic E-state index is 7.26. The van der Waals surface area contributed by atoms with Crippen molar-refractivity contribution >= 4 is 28.2 Å². The lowest BCUT2D eigenvalue weighted by Crippen LogP contribution is -2.42. The largest absolute Gasteiger partial charge is 0.455 e. The zero-order valence-corrected chi connectivity index (χ0v) is 30.6. The first-order valence-corrected chi connectivity index (χ1v) is 19.2. The molecule has 5 heteroatoms. The van der Waals surface area contributed by atoms with Crippen molar-refractivity contribution in [3.8, 4) is 33.8 Å². The first-order chi connectivity index (χ1) is 26.3. The maximum absolute atomic E-state index is 7.26. The molecule has 0 saturated carbocycles. The van der Waals surface area contributed by atoms with E-state index in [0.29, 0.717) is 0 Å². The van der Waals surface area contributed by atoms with E-state index in [0.717, 1.165) is 47.4 Å². The molecule has 264 valence electrons. The molecule has 0 radical (unpaired) electrons. The van der Waals surface area contributed by atoms with Gasteiger partial charge in [-0.25, -0.2) is 0 Å². The summed E-state index contributed by atoms with van der Waals surface area (Å²) < 4.78 is 9.46. The molecule has 2 aliphatic carbocycles. The minimum absolute atomic E-state index is 0.0470. The second-order valence-electron chi connectivity index (χ2n) is 16.1. The van der Waals surface area contributed by atoms with Crippen molar-refractivity contribution in [1.29, 1.82) is 0 Å². The summed E-state index contributed by atoms with van der Waals surface area (Å²) in [6.07, 6.45) is 19.6. The zero-order chi connectivity index (χ0) is 36.2. The van der Waals surface area contributed by atoms with Gasteiger partial charge in [0.2, 0.25) is 0 Å². The number of dihydropyridines is 1. The Hall–Kier alpha value is -6.04. The molecule has 54 heavy (non-hydrogen) atoms. The van der Waals surface area contributed by atoms with Crippen LogP contribution in [0.15, 0.2) is 146 Å². The number of hydrogen-bond donors (Lipinski definition) is 2. The van der Waals surface area contributed by atoms with Gasteiger partial charge in [0.1, 0.15) is 23.3 Å². The second kappa shape index (κ2) is 11.5. The van der Waals surface area contributed by atoms with Crippen LogP contribution in [0.2, 0.25) is 0 Å². The SMILES string of the molecule is CC1(C)C=Cc2cc3c(cc21)-c1ccc2c(ccn2[C@@]2(N)C=CC(c4ccccc4)C2)c1Oc1ccc2c(c1-3)CCN2C1C=C(c2ccccc2)C=CN1. The van der Waals surface area contributed by atoms with Crippen molar-refractivity contribution in [3.63, 3.8) is 0 Å². The Kier molecular flexibility index (Phi) is 6.69. The minimum Gasteiger partial charge on any atom is -0.455 e. The molecule has 5 nitrogen and oxygen atoms in total. The average molecular weight is 703 g/mol. The van der Waals surface area contributed by atoms with Crippen molar-refractivity contribution in [1.82, 2.24) is 9.88 Å². The van der Waals surface area contributed by atoms with Gasteiger partial charge in [-0.05, 0) is 124 Å². The molecule has 4 heterocycles. The predicted octanol–water partition coefficient (Wildman–Crippen LogP) is 10.6. The standard InChI is InChI=1S/C49H42N4O/c1-48(2)22-17-34-27-40-39(29-41(34)48)36-13-14-43-38(21-26-53(43)49(50)23-18-35(30-49)32-11-7-4-8-12-32)47(36)54-44-16-15-42-37(46(40)44)20-25-52(42)45-28-33(19-24-51-45)31-9-5-3-6-10-31/h3-19,21-24,26-29,35,45,51H,20,25,30,50H2,1-2H3/t35?,45?,49-/m0/s1. The lowest BCUT2D eigenvalue weighted by Gasteiger charge is -2.31. The fourth-order valence-corrected chi connectivity index (χ4v) is 9.67. The van der Waals surface area contributed by atoms with Crippen molar-refractivity contribution in [2.75, 3.05) is 11.4 Å². The molecular weight excluding hydrogens is 661 g/mol. The maximum Gasteiger partial charge on any atom is 0.144 e. The molecule has 1 aromatic heterocycles. The van der Waals surface area contributed by atoms with Gasteiger partial charge in [-0.2, -0.15) is 0 Å². The molecule has 2 unspecified atom stereocenters. The Morgan fingerprint density at radius 2 is 1.67 bits per heavy atom. The van der Waals surface area contributed by atoms with Crippen LogP contribution >= 0.6 is 0 Å². The van der Waals surface area contributed by atoms with Gasteiger partial charge in [0, 0.05) is 46.3 Å². The van der Waals surface area contributed by atoms with Gasteiger partial charge in [-0.3, -0.25) is 0 Å². The fraction of sp³-hybridized carbons (Fsp3) is 0.184. The molecule has 6 aromatic rings. The highest BCUT2D eigenvalue weighted by Gasteiger charge is 2.37. The number of nitrogens with zero attached hydrogens (tertiary/aromatic N) is 2. The Morgan fingerprint density at radius 1 is 0.833 bits per heavy atom. The number of ether oxygens (including phenoxy) is 1. The van der Waals surface area contributed by atoms with E-state index in [-0.39, 0.29) is 17.5 Å². The van der Waals surface area contributed by atoms with E-state index in [9.17, 15) is 0 Å². The summed E-state index contributed by atoms with van der Waals surface area (Å²) in [6.45, 7) is 5.53. The van der Waals surface area contributed by atoms with Gasteiger partial charge in [-0.15, -0.1) is 0 Å². The average Bonchev–Trinajstić information content (AvgIpc) is 3.99. The summed E-state index contributed by atoms with van der Waals surface area (Å²) >= 11 is 0. The molecule has 0 spiro atoms. The molecule has 3 aliphatic heterocycles. The smallest absolute Gasteiger partial charge is 0.144 e. The van der Waals surface area contributed by atoms with Gasteiger partial charge in [0.15, 0.2) is 0 Å². The van der Waals surface area contributed by atoms with Gasteiger partial charge in [-0.1, -0.05) is 92.7 Å². The summed E-state index contributed by atoms with van der Waals surface area (Å²) in [4.78, 5) is 2.51. The van der Waals surface area contributed by atoms with E-state index >= 15 is 0 Å². The molecule has 5 aliphatic rings. The van der Waals surface area contributed by atoms with Crippen LogP contribution in [0.3, 0.4) is 0 Å². The zero-order valence-electron chi connectivity index (χ0n) is 30.6. The third-order valence-electron chi connectivity index (χ3n) is 12.5. The van der Waals surface area contributed by atoms with Crippen LogP contribution in [0, 0.1) is 0 Å². The number of nitrogens with one attached hydrogen (secondary N) is 1. The van der Waals surface area contributed by atoms with Gasteiger partial charge in [0.25, 0.3) is 0 Å². The van der Waals surface area contributed by atoms with Crippen LogP contribution in [-0.4, -0.2) is 17.3 Å². The summed E-state index contributed by atoms with van der Waals surface area (Å²) in [5, 5.41) is 4.72. The third kappa shape index (κ3) is 4.68. The molecule has 11 rings (SSSR count). The van der Waals surface area contributed by atoms with Crippen molar-refractivity contribution in [2.24, 2.45) is 5.73 Å². The van der Waals surface area contributed by atoms with E-state index in [1.54, 1.807) is 0 Å². The molecule has 3 N–H and O–H groups in total. The summed E-state index contributed by atoms with van der Waals surface area (Å²) in [5.41, 5.74) is 21.4. The molecule has 5 aromatic carbocycles. The lowest BCUT2D eigenvalue weighted by molar-refractivity contribution is 0.376. The number of fused-ring (bicyclic) bond motifs is 10. The Morgan fingerprint density at radius 3 is 2.52 bits per heavy atom. The quantitative estimate of drug-likeness (QED) is 0.179.